The summed E-state index contributed by atoms with van der Waals surface area (Å²) < 4.78 is 32.2. The molecule has 0 aliphatic heterocycles. The molecule has 1 atom stereocenters. The van der Waals surface area contributed by atoms with Crippen LogP contribution in [-0.2, 0) is 14.9 Å². The SMILES string of the molecule is CNCCCN(C)S(=O)(=O)NC(C)COC. The summed E-state index contributed by atoms with van der Waals surface area (Å²) in [6, 6.07) is -0.221. The second kappa shape index (κ2) is 7.97. The lowest BCUT2D eigenvalue weighted by atomic mass is 10.4. The lowest BCUT2D eigenvalue weighted by Crippen LogP contribution is -2.44. The zero-order chi connectivity index (χ0) is 12.6. The molecule has 0 radical (unpaired) electrons. The Labute approximate surface area is 98.5 Å². The average molecular weight is 253 g/mol. The molecule has 0 saturated carbocycles. The van der Waals surface area contributed by atoms with Crippen LogP contribution in [0.4, 0.5) is 0 Å². The van der Waals surface area contributed by atoms with Crippen LogP contribution in [0, 0.1) is 0 Å². The largest absolute Gasteiger partial charge is 0.383 e. The predicted octanol–water partition coefficient (Wildman–Crippen LogP) is -0.603. The van der Waals surface area contributed by atoms with Crippen molar-refractivity contribution in [3.63, 3.8) is 0 Å². The Morgan fingerprint density at radius 2 is 2.06 bits per heavy atom. The molecule has 0 rings (SSSR count). The van der Waals surface area contributed by atoms with E-state index < -0.39 is 10.2 Å². The van der Waals surface area contributed by atoms with Crippen molar-refractivity contribution in [3.05, 3.63) is 0 Å². The van der Waals surface area contributed by atoms with E-state index in [2.05, 4.69) is 10.0 Å². The van der Waals surface area contributed by atoms with Crippen LogP contribution < -0.4 is 10.0 Å². The molecular weight excluding hydrogens is 230 g/mol. The zero-order valence-corrected chi connectivity index (χ0v) is 11.3. The predicted molar refractivity (Wildman–Crippen MR) is 64.6 cm³/mol. The highest BCUT2D eigenvalue weighted by molar-refractivity contribution is 7.87. The van der Waals surface area contributed by atoms with Gasteiger partial charge in [0.1, 0.15) is 0 Å². The Bertz CT molecular complexity index is 269. The van der Waals surface area contributed by atoms with Gasteiger partial charge in [0.25, 0.3) is 10.2 Å². The molecule has 16 heavy (non-hydrogen) atoms. The van der Waals surface area contributed by atoms with E-state index in [0.29, 0.717) is 13.2 Å². The van der Waals surface area contributed by atoms with Crippen molar-refractivity contribution in [2.45, 2.75) is 19.4 Å². The van der Waals surface area contributed by atoms with Crippen LogP contribution in [0.3, 0.4) is 0 Å². The van der Waals surface area contributed by atoms with Crippen LogP contribution in [0.1, 0.15) is 13.3 Å². The molecule has 0 spiro atoms. The van der Waals surface area contributed by atoms with E-state index in [1.807, 2.05) is 7.05 Å². The molecule has 0 aliphatic carbocycles. The first-order chi connectivity index (χ1) is 7.44. The third-order valence-corrected chi connectivity index (χ3v) is 3.78. The first kappa shape index (κ1) is 15.8. The van der Waals surface area contributed by atoms with Gasteiger partial charge < -0.3 is 10.1 Å². The molecular formula is C9H23N3O3S. The second-order valence-electron chi connectivity index (χ2n) is 3.76. The van der Waals surface area contributed by atoms with E-state index in [1.54, 1.807) is 21.1 Å². The van der Waals surface area contributed by atoms with Gasteiger partial charge in [0.05, 0.1) is 6.61 Å². The van der Waals surface area contributed by atoms with Gasteiger partial charge in [-0.1, -0.05) is 0 Å². The van der Waals surface area contributed by atoms with E-state index in [1.165, 1.54) is 4.31 Å². The fraction of sp³-hybridized carbons (Fsp3) is 1.00. The number of methoxy groups -OCH3 is 1. The summed E-state index contributed by atoms with van der Waals surface area (Å²) in [5, 5.41) is 2.97. The molecule has 0 aromatic heterocycles. The summed E-state index contributed by atoms with van der Waals surface area (Å²) >= 11 is 0. The van der Waals surface area contributed by atoms with Crippen molar-refractivity contribution in [2.24, 2.45) is 0 Å². The maximum absolute atomic E-state index is 11.7. The smallest absolute Gasteiger partial charge is 0.279 e. The minimum Gasteiger partial charge on any atom is -0.383 e. The fourth-order valence-corrected chi connectivity index (χ4v) is 2.35. The normalized spacial score (nSPS) is 14.3. The molecule has 6 nitrogen and oxygen atoms in total. The standard InChI is InChI=1S/C9H23N3O3S/c1-9(8-15-4)11-16(13,14)12(3)7-5-6-10-2/h9-11H,5-8H2,1-4H3. The molecule has 0 aromatic rings. The van der Waals surface area contributed by atoms with Gasteiger partial charge in [0, 0.05) is 26.7 Å². The van der Waals surface area contributed by atoms with Crippen LogP contribution in [-0.4, -0.2) is 59.7 Å². The Morgan fingerprint density at radius 3 is 2.56 bits per heavy atom. The first-order valence-electron chi connectivity index (χ1n) is 5.31. The van der Waals surface area contributed by atoms with E-state index >= 15 is 0 Å². The van der Waals surface area contributed by atoms with Crippen molar-refractivity contribution in [1.29, 1.82) is 0 Å². The number of nitrogens with one attached hydrogen (secondary N) is 2. The van der Waals surface area contributed by atoms with Crippen LogP contribution in [0.25, 0.3) is 0 Å². The highest BCUT2D eigenvalue weighted by atomic mass is 32.2. The number of nitrogens with zero attached hydrogens (tertiary/aromatic N) is 1. The molecule has 0 amide bonds. The minimum atomic E-state index is -3.39. The van der Waals surface area contributed by atoms with Crippen LogP contribution in [0.5, 0.6) is 0 Å². The monoisotopic (exact) mass is 253 g/mol. The van der Waals surface area contributed by atoms with Crippen molar-refractivity contribution < 1.29 is 13.2 Å². The van der Waals surface area contributed by atoms with Gasteiger partial charge in [-0.15, -0.1) is 0 Å². The summed E-state index contributed by atoms with van der Waals surface area (Å²) in [5.74, 6) is 0. The van der Waals surface area contributed by atoms with Crippen molar-refractivity contribution in [3.8, 4) is 0 Å². The van der Waals surface area contributed by atoms with Gasteiger partial charge in [0.15, 0.2) is 0 Å². The van der Waals surface area contributed by atoms with Crippen molar-refractivity contribution >= 4 is 10.2 Å². The molecule has 7 heteroatoms. The third kappa shape index (κ3) is 6.39. The maximum Gasteiger partial charge on any atom is 0.279 e. The van der Waals surface area contributed by atoms with Gasteiger partial charge in [-0.05, 0) is 26.9 Å². The molecule has 0 saturated heterocycles. The van der Waals surface area contributed by atoms with Gasteiger partial charge in [-0.3, -0.25) is 0 Å². The molecule has 0 bridgehead atoms. The van der Waals surface area contributed by atoms with Crippen LogP contribution in [0.2, 0.25) is 0 Å². The lowest BCUT2D eigenvalue weighted by Gasteiger charge is -2.20. The van der Waals surface area contributed by atoms with E-state index in [0.717, 1.165) is 13.0 Å². The van der Waals surface area contributed by atoms with Crippen LogP contribution in [0.15, 0.2) is 0 Å². The first-order valence-corrected chi connectivity index (χ1v) is 6.75. The molecule has 1 unspecified atom stereocenters. The summed E-state index contributed by atoms with van der Waals surface area (Å²) in [4.78, 5) is 0. The topological polar surface area (TPSA) is 70.7 Å². The molecule has 0 heterocycles. The minimum absolute atomic E-state index is 0.221. The quantitative estimate of drug-likeness (QED) is 0.538. The van der Waals surface area contributed by atoms with Crippen molar-refractivity contribution in [2.75, 3.05) is 40.9 Å². The fourth-order valence-electron chi connectivity index (χ4n) is 1.23. The van der Waals surface area contributed by atoms with E-state index in [9.17, 15) is 8.42 Å². The Kier molecular flexibility index (Phi) is 7.86. The molecule has 0 aliphatic rings. The third-order valence-electron chi connectivity index (χ3n) is 2.08. The summed E-state index contributed by atoms with van der Waals surface area (Å²) in [7, 11) is 1.56. The lowest BCUT2D eigenvalue weighted by molar-refractivity contribution is 0.179. The summed E-state index contributed by atoms with van der Waals surface area (Å²) in [5.41, 5.74) is 0. The molecule has 98 valence electrons. The second-order valence-corrected chi connectivity index (χ2v) is 5.57. The van der Waals surface area contributed by atoms with Crippen molar-refractivity contribution in [1.82, 2.24) is 14.3 Å². The van der Waals surface area contributed by atoms with E-state index in [-0.39, 0.29) is 6.04 Å². The Morgan fingerprint density at radius 1 is 1.44 bits per heavy atom. The van der Waals surface area contributed by atoms with Gasteiger partial charge in [-0.25, -0.2) is 0 Å². The van der Waals surface area contributed by atoms with Crippen LogP contribution >= 0.6 is 0 Å². The number of ether oxygens (including phenoxy) is 1. The maximum atomic E-state index is 11.7. The Hall–Kier alpha value is -0.210. The number of hydrogen-bond donors (Lipinski definition) is 2. The molecule has 2 N–H and O–H groups in total. The molecule has 0 aromatic carbocycles. The molecule has 0 fully saturated rings. The number of hydrogen-bond acceptors (Lipinski definition) is 4. The Balaban J connectivity index is 4.10. The van der Waals surface area contributed by atoms with E-state index in [4.69, 9.17) is 4.74 Å². The average Bonchev–Trinajstić information content (AvgIpc) is 2.17. The summed E-state index contributed by atoms with van der Waals surface area (Å²) in [6.07, 6.45) is 0.784. The zero-order valence-electron chi connectivity index (χ0n) is 10.5. The van der Waals surface area contributed by atoms with Gasteiger partial charge in [0.2, 0.25) is 0 Å². The number of rotatable bonds is 9. The highest BCUT2D eigenvalue weighted by Gasteiger charge is 2.19. The summed E-state index contributed by atoms with van der Waals surface area (Å²) in [6.45, 7) is 3.43. The highest BCUT2D eigenvalue weighted by Crippen LogP contribution is 1.97. The van der Waals surface area contributed by atoms with Gasteiger partial charge in [-0.2, -0.15) is 17.4 Å². The van der Waals surface area contributed by atoms with Gasteiger partial charge >= 0.3 is 0 Å².